The van der Waals surface area contributed by atoms with Gasteiger partial charge in [0, 0.05) is 12.6 Å². The van der Waals surface area contributed by atoms with Crippen molar-refractivity contribution < 1.29 is 9.90 Å². The first-order valence-corrected chi connectivity index (χ1v) is 7.73. The molecule has 2 N–H and O–H groups in total. The number of thiophene rings is 1. The van der Waals surface area contributed by atoms with Crippen LogP contribution in [0.5, 0.6) is 0 Å². The molecule has 1 aliphatic rings. The minimum Gasteiger partial charge on any atom is -0.384 e. The van der Waals surface area contributed by atoms with Crippen molar-refractivity contribution in [3.63, 3.8) is 0 Å². The van der Waals surface area contributed by atoms with Crippen molar-refractivity contribution in [3.05, 3.63) is 21.9 Å². The Hall–Kier alpha value is -1.35. The number of aliphatic hydroxyl groups excluding tert-OH is 1. The van der Waals surface area contributed by atoms with Crippen LogP contribution in [0, 0.1) is 11.8 Å². The van der Waals surface area contributed by atoms with Gasteiger partial charge in [0.15, 0.2) is 0 Å². The molecule has 0 aromatic carbocycles. The SMILES string of the molecule is CC(CN1CCCC1)NC(=O)c1ccc(C#CCO)s1. The van der Waals surface area contributed by atoms with E-state index in [2.05, 4.69) is 22.1 Å². The van der Waals surface area contributed by atoms with Crippen LogP contribution in [0.4, 0.5) is 0 Å². The maximum absolute atomic E-state index is 12.1. The van der Waals surface area contributed by atoms with Crippen LogP contribution in [0.25, 0.3) is 0 Å². The first kappa shape index (κ1) is 15.0. The predicted octanol–water partition coefficient (Wildman–Crippen LogP) is 1.31. The molecule has 0 aliphatic carbocycles. The van der Waals surface area contributed by atoms with E-state index in [-0.39, 0.29) is 18.6 Å². The maximum atomic E-state index is 12.1. The number of hydrogen-bond donors (Lipinski definition) is 2. The van der Waals surface area contributed by atoms with Gasteiger partial charge in [-0.1, -0.05) is 11.8 Å². The zero-order valence-corrected chi connectivity index (χ0v) is 12.5. The molecule has 108 valence electrons. The number of likely N-dealkylation sites (tertiary alicyclic amines) is 1. The molecule has 1 amide bonds. The Kier molecular flexibility index (Phi) is 5.60. The number of nitrogens with zero attached hydrogens (tertiary/aromatic N) is 1. The van der Waals surface area contributed by atoms with E-state index in [1.165, 1.54) is 24.2 Å². The highest BCUT2D eigenvalue weighted by molar-refractivity contribution is 7.14. The maximum Gasteiger partial charge on any atom is 0.261 e. The third kappa shape index (κ3) is 4.34. The summed E-state index contributed by atoms with van der Waals surface area (Å²) < 4.78 is 0. The van der Waals surface area contributed by atoms with Crippen LogP contribution in [0.15, 0.2) is 12.1 Å². The van der Waals surface area contributed by atoms with Gasteiger partial charge >= 0.3 is 0 Å². The molecule has 1 fully saturated rings. The van der Waals surface area contributed by atoms with Crippen molar-refractivity contribution in [2.24, 2.45) is 0 Å². The highest BCUT2D eigenvalue weighted by atomic mass is 32.1. The second kappa shape index (κ2) is 7.44. The van der Waals surface area contributed by atoms with Crippen molar-refractivity contribution in [1.82, 2.24) is 10.2 Å². The lowest BCUT2D eigenvalue weighted by Gasteiger charge is -2.20. The summed E-state index contributed by atoms with van der Waals surface area (Å²) in [7, 11) is 0. The zero-order chi connectivity index (χ0) is 14.4. The molecule has 1 atom stereocenters. The van der Waals surface area contributed by atoms with Gasteiger partial charge in [-0.05, 0) is 45.0 Å². The molecule has 5 heteroatoms. The van der Waals surface area contributed by atoms with E-state index in [1.54, 1.807) is 6.07 Å². The van der Waals surface area contributed by atoms with E-state index in [1.807, 2.05) is 13.0 Å². The van der Waals surface area contributed by atoms with Crippen LogP contribution in [0.1, 0.15) is 34.3 Å². The Morgan fingerprint density at radius 3 is 2.95 bits per heavy atom. The summed E-state index contributed by atoms with van der Waals surface area (Å²) in [6, 6.07) is 3.74. The predicted molar refractivity (Wildman–Crippen MR) is 80.9 cm³/mol. The van der Waals surface area contributed by atoms with Crippen LogP contribution in [0.3, 0.4) is 0 Å². The fraction of sp³-hybridized carbons (Fsp3) is 0.533. The zero-order valence-electron chi connectivity index (χ0n) is 11.7. The Bertz CT molecular complexity index is 509. The summed E-state index contributed by atoms with van der Waals surface area (Å²) in [5.41, 5.74) is 0. The molecule has 0 radical (unpaired) electrons. The normalized spacial score (nSPS) is 16.5. The van der Waals surface area contributed by atoms with Gasteiger partial charge in [-0.2, -0.15) is 0 Å². The number of nitrogens with one attached hydrogen (secondary N) is 1. The first-order valence-electron chi connectivity index (χ1n) is 6.92. The Morgan fingerprint density at radius 1 is 1.50 bits per heavy atom. The van der Waals surface area contributed by atoms with Crippen molar-refractivity contribution in [2.45, 2.75) is 25.8 Å². The van der Waals surface area contributed by atoms with Crippen molar-refractivity contribution in [1.29, 1.82) is 0 Å². The fourth-order valence-corrected chi connectivity index (χ4v) is 3.13. The van der Waals surface area contributed by atoms with E-state index in [9.17, 15) is 4.79 Å². The Morgan fingerprint density at radius 2 is 2.25 bits per heavy atom. The van der Waals surface area contributed by atoms with Crippen LogP contribution in [-0.4, -0.2) is 48.2 Å². The topological polar surface area (TPSA) is 52.6 Å². The number of amides is 1. The summed E-state index contributed by atoms with van der Waals surface area (Å²) in [6.45, 7) is 5.07. The molecule has 1 unspecified atom stereocenters. The Balaban J connectivity index is 1.85. The van der Waals surface area contributed by atoms with Crippen molar-refractivity contribution >= 4 is 17.2 Å². The molecule has 2 heterocycles. The smallest absolute Gasteiger partial charge is 0.261 e. The molecule has 1 aliphatic heterocycles. The molecule has 2 rings (SSSR count). The lowest BCUT2D eigenvalue weighted by molar-refractivity contribution is 0.0936. The van der Waals surface area contributed by atoms with Gasteiger partial charge in [0.2, 0.25) is 0 Å². The van der Waals surface area contributed by atoms with Crippen LogP contribution in [-0.2, 0) is 0 Å². The van der Waals surface area contributed by atoms with E-state index >= 15 is 0 Å². The highest BCUT2D eigenvalue weighted by Crippen LogP contribution is 2.15. The highest BCUT2D eigenvalue weighted by Gasteiger charge is 2.17. The largest absolute Gasteiger partial charge is 0.384 e. The fourth-order valence-electron chi connectivity index (χ4n) is 2.35. The van der Waals surface area contributed by atoms with Gasteiger partial charge in [-0.25, -0.2) is 0 Å². The molecule has 0 bridgehead atoms. The van der Waals surface area contributed by atoms with Crippen LogP contribution < -0.4 is 5.32 Å². The van der Waals surface area contributed by atoms with Crippen molar-refractivity contribution in [3.8, 4) is 11.8 Å². The third-order valence-corrected chi connectivity index (χ3v) is 4.23. The Labute approximate surface area is 123 Å². The average Bonchev–Trinajstić information content (AvgIpc) is 3.07. The quantitative estimate of drug-likeness (QED) is 0.823. The van der Waals surface area contributed by atoms with E-state index < -0.39 is 0 Å². The number of aliphatic hydroxyl groups is 1. The number of carbonyl (C=O) groups excluding carboxylic acids is 1. The summed E-state index contributed by atoms with van der Waals surface area (Å²) >= 11 is 1.36. The third-order valence-electron chi connectivity index (χ3n) is 3.23. The second-order valence-electron chi connectivity index (χ2n) is 5.01. The first-order chi connectivity index (χ1) is 9.69. The van der Waals surface area contributed by atoms with Gasteiger partial charge < -0.3 is 15.3 Å². The molecule has 20 heavy (non-hydrogen) atoms. The van der Waals surface area contributed by atoms with Gasteiger partial charge in [0.1, 0.15) is 6.61 Å². The summed E-state index contributed by atoms with van der Waals surface area (Å²) in [4.78, 5) is 16.0. The molecule has 1 saturated heterocycles. The van der Waals surface area contributed by atoms with Crippen LogP contribution in [0.2, 0.25) is 0 Å². The molecule has 1 aromatic rings. The lowest BCUT2D eigenvalue weighted by Crippen LogP contribution is -2.40. The van der Waals surface area contributed by atoms with Gasteiger partial charge in [-0.3, -0.25) is 4.79 Å². The lowest BCUT2D eigenvalue weighted by atomic mass is 10.3. The van der Waals surface area contributed by atoms with Gasteiger partial charge in [0.05, 0.1) is 9.75 Å². The van der Waals surface area contributed by atoms with Crippen molar-refractivity contribution in [2.75, 3.05) is 26.2 Å². The van der Waals surface area contributed by atoms with Gasteiger partial charge in [-0.15, -0.1) is 11.3 Å². The van der Waals surface area contributed by atoms with Gasteiger partial charge in [0.25, 0.3) is 5.91 Å². The minimum atomic E-state index is -0.160. The average molecular weight is 292 g/mol. The minimum absolute atomic E-state index is 0.0428. The molecular weight excluding hydrogens is 272 g/mol. The van der Waals surface area contributed by atoms with E-state index in [4.69, 9.17) is 5.11 Å². The summed E-state index contributed by atoms with van der Waals surface area (Å²) in [5.74, 6) is 5.35. The second-order valence-corrected chi connectivity index (χ2v) is 6.09. The van der Waals surface area contributed by atoms with E-state index in [0.717, 1.165) is 24.5 Å². The van der Waals surface area contributed by atoms with Crippen LogP contribution >= 0.6 is 11.3 Å². The molecular formula is C15H20N2O2S. The summed E-state index contributed by atoms with van der Waals surface area (Å²) in [6.07, 6.45) is 2.52. The molecule has 4 nitrogen and oxygen atoms in total. The molecule has 1 aromatic heterocycles. The number of carbonyl (C=O) groups is 1. The van der Waals surface area contributed by atoms with E-state index in [0.29, 0.717) is 4.88 Å². The molecule has 0 spiro atoms. The monoisotopic (exact) mass is 292 g/mol. The molecule has 0 saturated carbocycles. The number of rotatable bonds is 4. The standard InChI is InChI=1S/C15H20N2O2S/c1-12(11-17-8-2-3-9-17)16-15(19)14-7-6-13(20-14)5-4-10-18/h6-7,12,18H,2-3,8-11H2,1H3,(H,16,19). The number of hydrogen-bond acceptors (Lipinski definition) is 4. The summed E-state index contributed by atoms with van der Waals surface area (Å²) in [5, 5.41) is 11.7.